The molecule has 3 rings (SSSR count). The van der Waals surface area contributed by atoms with E-state index < -0.39 is 0 Å². The predicted octanol–water partition coefficient (Wildman–Crippen LogP) is 4.50. The second-order valence-electron chi connectivity index (χ2n) is 5.71. The van der Waals surface area contributed by atoms with Gasteiger partial charge in [-0.2, -0.15) is 0 Å². The molecule has 0 aliphatic heterocycles. The molecule has 1 heterocycles. The van der Waals surface area contributed by atoms with Crippen molar-refractivity contribution in [3.63, 3.8) is 0 Å². The number of H-pyrrole nitrogens is 1. The van der Waals surface area contributed by atoms with E-state index in [2.05, 4.69) is 16.9 Å². The van der Waals surface area contributed by atoms with Gasteiger partial charge in [-0.25, -0.2) is 4.98 Å². The van der Waals surface area contributed by atoms with E-state index in [0.29, 0.717) is 26.6 Å². The van der Waals surface area contributed by atoms with Crippen molar-refractivity contribution < 1.29 is 4.79 Å². The second-order valence-corrected chi connectivity index (χ2v) is 7.47. The summed E-state index contributed by atoms with van der Waals surface area (Å²) in [6, 6.07) is 12.5. The molecule has 0 saturated heterocycles. The lowest BCUT2D eigenvalue weighted by molar-refractivity contribution is 0.0994. The van der Waals surface area contributed by atoms with Crippen LogP contribution in [0.1, 0.15) is 29.8 Å². The summed E-state index contributed by atoms with van der Waals surface area (Å²) in [5.41, 5.74) is 2.12. The number of aromatic amines is 1. The van der Waals surface area contributed by atoms with Gasteiger partial charge in [-0.1, -0.05) is 54.6 Å². The monoisotopic (exact) mass is 372 g/mol. The molecule has 3 aromatic rings. The van der Waals surface area contributed by atoms with Gasteiger partial charge in [0.05, 0.1) is 16.2 Å². The molecule has 128 valence electrons. The number of thioether (sulfide) groups is 1. The van der Waals surface area contributed by atoms with Crippen molar-refractivity contribution in [2.45, 2.75) is 30.7 Å². The van der Waals surface area contributed by atoms with Crippen LogP contribution < -0.4 is 5.56 Å². The largest absolute Gasteiger partial charge is 0.301 e. The van der Waals surface area contributed by atoms with E-state index in [1.165, 1.54) is 17.3 Å². The van der Waals surface area contributed by atoms with Crippen LogP contribution in [0.2, 0.25) is 5.02 Å². The summed E-state index contributed by atoms with van der Waals surface area (Å²) in [6.45, 7) is 3.88. The fourth-order valence-electron chi connectivity index (χ4n) is 2.51. The average molecular weight is 373 g/mol. The number of nitrogens with zero attached hydrogens (tertiary/aromatic N) is 1. The topological polar surface area (TPSA) is 62.8 Å². The number of hydrogen-bond acceptors (Lipinski definition) is 4. The van der Waals surface area contributed by atoms with Gasteiger partial charge >= 0.3 is 0 Å². The van der Waals surface area contributed by atoms with Gasteiger partial charge in [-0.05, 0) is 37.1 Å². The highest BCUT2D eigenvalue weighted by Gasteiger charge is 2.18. The lowest BCUT2D eigenvalue weighted by atomic mass is 10.1. The Labute approximate surface area is 154 Å². The van der Waals surface area contributed by atoms with Crippen molar-refractivity contribution in [2.24, 2.45) is 0 Å². The zero-order valence-corrected chi connectivity index (χ0v) is 15.4. The number of aryl methyl sites for hydroxylation is 1. The molecule has 0 fully saturated rings. The number of benzene rings is 2. The Morgan fingerprint density at radius 3 is 2.64 bits per heavy atom. The Morgan fingerprint density at radius 1 is 1.24 bits per heavy atom. The van der Waals surface area contributed by atoms with Crippen LogP contribution in [0.4, 0.5) is 0 Å². The smallest absolute Gasteiger partial charge is 0.259 e. The molecular weight excluding hydrogens is 356 g/mol. The van der Waals surface area contributed by atoms with Crippen LogP contribution in [0, 0.1) is 0 Å². The van der Waals surface area contributed by atoms with E-state index in [1.807, 2.05) is 31.2 Å². The SMILES string of the molecule is CCc1ccc(C(=O)C(C)Sc2nc3cc(Cl)ccc3c(=O)[nH]2)cc1. The number of Topliss-reactive ketones (excluding diaryl/α,β-unsaturated/α-hetero) is 1. The van der Waals surface area contributed by atoms with Gasteiger partial charge in [0.25, 0.3) is 5.56 Å². The van der Waals surface area contributed by atoms with Gasteiger partial charge in [0.15, 0.2) is 10.9 Å². The van der Waals surface area contributed by atoms with Crippen molar-refractivity contribution in [1.29, 1.82) is 0 Å². The maximum absolute atomic E-state index is 12.6. The summed E-state index contributed by atoms with van der Waals surface area (Å²) in [7, 11) is 0. The normalized spacial score (nSPS) is 12.3. The quantitative estimate of drug-likeness (QED) is 0.407. The Kier molecular flexibility index (Phi) is 5.25. The van der Waals surface area contributed by atoms with Gasteiger partial charge in [-0.15, -0.1) is 0 Å². The Balaban J connectivity index is 1.84. The maximum atomic E-state index is 12.6. The third-order valence-corrected chi connectivity index (χ3v) is 5.17. The molecule has 4 nitrogen and oxygen atoms in total. The summed E-state index contributed by atoms with van der Waals surface area (Å²) in [6.07, 6.45) is 0.934. The number of halogens is 1. The minimum atomic E-state index is -0.368. The second kappa shape index (κ2) is 7.42. The lowest BCUT2D eigenvalue weighted by Crippen LogP contribution is -2.16. The zero-order chi connectivity index (χ0) is 18.0. The number of hydrogen-bond donors (Lipinski definition) is 1. The molecule has 1 aromatic heterocycles. The van der Waals surface area contributed by atoms with Crippen LogP contribution in [0.25, 0.3) is 10.9 Å². The van der Waals surface area contributed by atoms with Crippen molar-refractivity contribution in [1.82, 2.24) is 9.97 Å². The Hall–Kier alpha value is -2.11. The highest BCUT2D eigenvalue weighted by atomic mass is 35.5. The van der Waals surface area contributed by atoms with E-state index >= 15 is 0 Å². The van der Waals surface area contributed by atoms with E-state index in [4.69, 9.17) is 11.6 Å². The van der Waals surface area contributed by atoms with E-state index in [1.54, 1.807) is 18.2 Å². The molecule has 0 aliphatic carbocycles. The molecule has 6 heteroatoms. The lowest BCUT2D eigenvalue weighted by Gasteiger charge is -2.10. The Morgan fingerprint density at radius 2 is 1.96 bits per heavy atom. The summed E-state index contributed by atoms with van der Waals surface area (Å²) in [5, 5.41) is 1.03. The van der Waals surface area contributed by atoms with Crippen LogP contribution in [-0.4, -0.2) is 21.0 Å². The van der Waals surface area contributed by atoms with Crippen molar-refractivity contribution in [3.8, 4) is 0 Å². The first-order chi connectivity index (χ1) is 12.0. The molecule has 0 bridgehead atoms. The maximum Gasteiger partial charge on any atom is 0.259 e. The first kappa shape index (κ1) is 17.7. The average Bonchev–Trinajstić information content (AvgIpc) is 2.60. The predicted molar refractivity (Wildman–Crippen MR) is 103 cm³/mol. The number of fused-ring (bicyclic) bond motifs is 1. The van der Waals surface area contributed by atoms with Crippen molar-refractivity contribution in [3.05, 3.63) is 69.0 Å². The van der Waals surface area contributed by atoms with Gasteiger partial charge in [0.1, 0.15) is 0 Å². The molecule has 0 aliphatic rings. The molecule has 0 amide bonds. The summed E-state index contributed by atoms with van der Waals surface area (Å²) >= 11 is 7.20. The number of nitrogens with one attached hydrogen (secondary N) is 1. The van der Waals surface area contributed by atoms with E-state index in [0.717, 1.165) is 6.42 Å². The van der Waals surface area contributed by atoms with E-state index in [9.17, 15) is 9.59 Å². The molecular formula is C19H17ClN2O2S. The Bertz CT molecular complexity index is 983. The minimum absolute atomic E-state index is 0.00138. The van der Waals surface area contributed by atoms with Crippen LogP contribution in [0.3, 0.4) is 0 Å². The molecule has 0 radical (unpaired) electrons. The highest BCUT2D eigenvalue weighted by molar-refractivity contribution is 8.00. The highest BCUT2D eigenvalue weighted by Crippen LogP contribution is 2.24. The van der Waals surface area contributed by atoms with Gasteiger partial charge < -0.3 is 4.98 Å². The zero-order valence-electron chi connectivity index (χ0n) is 13.9. The van der Waals surface area contributed by atoms with Crippen LogP contribution in [0.15, 0.2) is 52.4 Å². The van der Waals surface area contributed by atoms with E-state index in [-0.39, 0.29) is 16.6 Å². The van der Waals surface area contributed by atoms with Crippen LogP contribution in [-0.2, 0) is 6.42 Å². The molecule has 0 spiro atoms. The third kappa shape index (κ3) is 3.94. The number of aromatic nitrogens is 2. The van der Waals surface area contributed by atoms with Crippen molar-refractivity contribution in [2.75, 3.05) is 0 Å². The fourth-order valence-corrected chi connectivity index (χ4v) is 3.55. The van der Waals surface area contributed by atoms with Crippen molar-refractivity contribution >= 4 is 40.0 Å². The summed E-state index contributed by atoms with van der Waals surface area (Å²) in [4.78, 5) is 31.9. The number of carbonyl (C=O) groups is 1. The fraction of sp³-hybridized carbons (Fsp3) is 0.211. The molecule has 25 heavy (non-hydrogen) atoms. The number of carbonyl (C=O) groups excluding carboxylic acids is 1. The van der Waals surface area contributed by atoms with Gasteiger partial charge in [0, 0.05) is 10.6 Å². The first-order valence-electron chi connectivity index (χ1n) is 7.97. The molecule has 1 N–H and O–H groups in total. The molecule has 1 atom stereocenters. The first-order valence-corrected chi connectivity index (χ1v) is 9.23. The van der Waals surface area contributed by atoms with Gasteiger partial charge in [-0.3, -0.25) is 9.59 Å². The molecule has 0 saturated carbocycles. The van der Waals surface area contributed by atoms with Crippen LogP contribution in [0.5, 0.6) is 0 Å². The molecule has 2 aromatic carbocycles. The molecule has 1 unspecified atom stereocenters. The summed E-state index contributed by atoms with van der Waals surface area (Å²) in [5.74, 6) is 0.00138. The number of rotatable bonds is 5. The summed E-state index contributed by atoms with van der Waals surface area (Å²) < 4.78 is 0. The van der Waals surface area contributed by atoms with Gasteiger partial charge in [0.2, 0.25) is 0 Å². The standard InChI is InChI=1S/C19H17ClN2O2S/c1-3-12-4-6-13(7-5-12)17(23)11(2)25-19-21-16-10-14(20)8-9-15(16)18(24)22-19/h4-11H,3H2,1-2H3,(H,21,22,24). The third-order valence-electron chi connectivity index (χ3n) is 3.95. The minimum Gasteiger partial charge on any atom is -0.301 e. The van der Waals surface area contributed by atoms with Crippen LogP contribution >= 0.6 is 23.4 Å². The number of ketones is 1.